The highest BCUT2D eigenvalue weighted by molar-refractivity contribution is 5.65. The van der Waals surface area contributed by atoms with Crippen LogP contribution in [0.25, 0.3) is 0 Å². The van der Waals surface area contributed by atoms with Crippen LogP contribution >= 0.6 is 0 Å². The van der Waals surface area contributed by atoms with Crippen LogP contribution in [0.4, 0.5) is 0 Å². The molecule has 3 atom stereocenters. The van der Waals surface area contributed by atoms with Crippen molar-refractivity contribution < 1.29 is 24.9 Å². The number of allylic oxidation sites excluding steroid dienone is 11. The Hall–Kier alpha value is -2.34. The van der Waals surface area contributed by atoms with Gasteiger partial charge in [0.15, 0.2) is 0 Å². The molecule has 0 saturated heterocycles. The highest BCUT2D eigenvalue weighted by Crippen LogP contribution is 2.15. The first-order valence-corrected chi connectivity index (χ1v) is 21.4. The van der Waals surface area contributed by atoms with E-state index in [2.05, 4.69) is 121 Å². The zero-order valence-corrected chi connectivity index (χ0v) is 39.1. The average Bonchev–Trinajstić information content (AvgIpc) is 3.06. The van der Waals surface area contributed by atoms with E-state index >= 15 is 0 Å². The molecule has 0 aliphatic rings. The van der Waals surface area contributed by atoms with Crippen molar-refractivity contribution in [3.8, 4) is 0 Å². The van der Waals surface area contributed by atoms with Crippen LogP contribution in [0.2, 0.25) is 0 Å². The first kappa shape index (κ1) is 61.9. The maximum absolute atomic E-state index is 10.1. The van der Waals surface area contributed by atoms with Crippen molar-refractivity contribution in [3.63, 3.8) is 0 Å². The summed E-state index contributed by atoms with van der Waals surface area (Å²) >= 11 is 0. The Labute approximate surface area is 343 Å². The largest absolute Gasteiger partial charge is 0.396 e. The van der Waals surface area contributed by atoms with Crippen LogP contribution in [0, 0.1) is 23.7 Å². The summed E-state index contributed by atoms with van der Waals surface area (Å²) in [6.45, 7) is 32.7. The molecule has 0 aromatic carbocycles. The predicted molar refractivity (Wildman–Crippen MR) is 246 cm³/mol. The first-order valence-electron chi connectivity index (χ1n) is 21.4. The molecule has 5 heteroatoms. The van der Waals surface area contributed by atoms with E-state index in [1.165, 1.54) is 53.5 Å². The fraction of sp³-hybridized carbons (Fsp3) is 0.720. The maximum atomic E-state index is 10.1. The molecule has 0 aliphatic heterocycles. The Kier molecular flexibility index (Phi) is 53.8. The van der Waals surface area contributed by atoms with Crippen molar-refractivity contribution >= 4 is 12.6 Å². The smallest absolute Gasteiger partial charge is 0.142 e. The van der Waals surface area contributed by atoms with E-state index in [-0.39, 0.29) is 6.61 Å². The molecule has 0 fully saturated rings. The molecule has 0 bridgehead atoms. The van der Waals surface area contributed by atoms with Crippen molar-refractivity contribution in [1.29, 1.82) is 0 Å². The summed E-state index contributed by atoms with van der Waals surface area (Å²) in [5.41, 5.74) is 7.87. The molecule has 0 heterocycles. The number of aliphatic hydroxyl groups is 3. The van der Waals surface area contributed by atoms with Crippen LogP contribution < -0.4 is 0 Å². The van der Waals surface area contributed by atoms with Crippen LogP contribution in [-0.2, 0) is 9.59 Å². The van der Waals surface area contributed by atoms with Gasteiger partial charge >= 0.3 is 0 Å². The lowest BCUT2D eigenvalue weighted by Crippen LogP contribution is -1.98. The predicted octanol–water partition coefficient (Wildman–Crippen LogP) is 14.1. The second kappa shape index (κ2) is 47.8. The van der Waals surface area contributed by atoms with Gasteiger partial charge in [0.05, 0.1) is 6.61 Å². The molecule has 0 aliphatic carbocycles. The Balaban J connectivity index is -0.000000189. The lowest BCUT2D eigenvalue weighted by Gasteiger charge is -2.09. The fourth-order valence-electron chi connectivity index (χ4n) is 4.83. The van der Waals surface area contributed by atoms with E-state index < -0.39 is 0 Å². The van der Waals surface area contributed by atoms with Gasteiger partial charge in [0.1, 0.15) is 12.6 Å². The summed E-state index contributed by atoms with van der Waals surface area (Å²) in [5, 5.41) is 25.8. The molecule has 3 N–H and O–H groups in total. The quantitative estimate of drug-likeness (QED) is 0.0516. The Morgan fingerprint density at radius 1 is 0.473 bits per heavy atom. The summed E-state index contributed by atoms with van der Waals surface area (Å²) in [6.07, 6.45) is 29.5. The van der Waals surface area contributed by atoms with Crippen molar-refractivity contribution in [2.45, 2.75) is 194 Å². The minimum Gasteiger partial charge on any atom is -0.396 e. The summed E-state index contributed by atoms with van der Waals surface area (Å²) in [7, 11) is 0. The van der Waals surface area contributed by atoms with Crippen molar-refractivity contribution in [3.05, 3.63) is 69.9 Å². The van der Waals surface area contributed by atoms with Gasteiger partial charge in [0, 0.05) is 19.6 Å². The lowest BCUT2D eigenvalue weighted by molar-refractivity contribution is -0.108. The van der Waals surface area contributed by atoms with Gasteiger partial charge in [0.2, 0.25) is 0 Å². The highest BCUT2D eigenvalue weighted by atomic mass is 16.3. The van der Waals surface area contributed by atoms with Crippen LogP contribution in [0.3, 0.4) is 0 Å². The number of aldehydes is 2. The molecule has 324 valence electrons. The molecule has 5 nitrogen and oxygen atoms in total. The van der Waals surface area contributed by atoms with Gasteiger partial charge < -0.3 is 20.1 Å². The van der Waals surface area contributed by atoms with E-state index in [0.29, 0.717) is 37.4 Å². The SMILES string of the molecule is CC(C)=CCCC(C)=CC=O.CC(C)=CCCC(C)=CCO.CC(C)=CCCC(C)CC=O.CC(C)=CCCC(C)CCO.CC(C)CCCC(C)CCO. The highest BCUT2D eigenvalue weighted by Gasteiger charge is 2.02. The van der Waals surface area contributed by atoms with E-state index in [1.54, 1.807) is 6.08 Å². The molecule has 55 heavy (non-hydrogen) atoms. The molecule has 0 rings (SSSR count). The molecule has 0 radical (unpaired) electrons. The van der Waals surface area contributed by atoms with E-state index in [4.69, 9.17) is 15.3 Å². The zero-order valence-electron chi connectivity index (χ0n) is 39.1. The number of carbonyl (C=O) groups excluding carboxylic acids is 2. The number of hydrogen-bond acceptors (Lipinski definition) is 5. The van der Waals surface area contributed by atoms with Crippen LogP contribution in [-0.4, -0.2) is 47.7 Å². The number of rotatable bonds is 24. The Morgan fingerprint density at radius 3 is 1.24 bits per heavy atom. The Morgan fingerprint density at radius 2 is 0.873 bits per heavy atom. The molecule has 0 amide bonds. The second-order valence-corrected chi connectivity index (χ2v) is 16.8. The van der Waals surface area contributed by atoms with E-state index in [0.717, 1.165) is 81.9 Å². The number of aliphatic hydroxyl groups excluding tert-OH is 3. The monoisotopic (exact) mass is 775 g/mol. The van der Waals surface area contributed by atoms with Gasteiger partial charge in [-0.3, -0.25) is 4.79 Å². The fourth-order valence-corrected chi connectivity index (χ4v) is 4.83. The Bertz CT molecular complexity index is 1020. The topological polar surface area (TPSA) is 94.8 Å². The molecule has 0 saturated carbocycles. The third kappa shape index (κ3) is 70.0. The van der Waals surface area contributed by atoms with Crippen molar-refractivity contribution in [2.24, 2.45) is 23.7 Å². The zero-order chi connectivity index (χ0) is 43.5. The third-order valence-electron chi connectivity index (χ3n) is 8.62. The number of carbonyl (C=O) groups is 2. The van der Waals surface area contributed by atoms with E-state index in [1.807, 2.05) is 13.0 Å². The normalized spacial score (nSPS) is 12.3. The van der Waals surface area contributed by atoms with Gasteiger partial charge in [-0.2, -0.15) is 0 Å². The minimum atomic E-state index is 0.167. The summed E-state index contributed by atoms with van der Waals surface area (Å²) in [4.78, 5) is 20.1. The summed E-state index contributed by atoms with van der Waals surface area (Å²) in [6, 6.07) is 0. The molecule has 0 spiro atoms. The van der Waals surface area contributed by atoms with Gasteiger partial charge in [-0.15, -0.1) is 0 Å². The molecular weight excluding hydrogens is 681 g/mol. The van der Waals surface area contributed by atoms with Crippen molar-refractivity contribution in [1.82, 2.24) is 0 Å². The lowest BCUT2D eigenvalue weighted by atomic mass is 9.98. The van der Waals surface area contributed by atoms with Gasteiger partial charge in [0.25, 0.3) is 0 Å². The van der Waals surface area contributed by atoms with Gasteiger partial charge in [-0.25, -0.2) is 0 Å². The second-order valence-electron chi connectivity index (χ2n) is 16.8. The van der Waals surface area contributed by atoms with Gasteiger partial charge in [-0.05, 0) is 163 Å². The van der Waals surface area contributed by atoms with Crippen LogP contribution in [0.15, 0.2) is 69.9 Å². The standard InChI is InChI=1S/C10H22O.C10H20O.2C10H18O.C10H16O/c5*1-9(2)5-4-6-10(3)7-8-11/h9-11H,4-8H2,1-3H3;5,10-11H,4,6-8H2,1-3H3;5,8,10H,4,6-7H2,1-3H3;5,7,11H,4,6,8H2,1-3H3;5,7-8H,4,6H2,1-3H3. The van der Waals surface area contributed by atoms with Crippen molar-refractivity contribution in [2.75, 3.05) is 19.8 Å². The van der Waals surface area contributed by atoms with Crippen LogP contribution in [0.1, 0.15) is 194 Å². The molecule has 3 unspecified atom stereocenters. The number of hydrogen-bond donors (Lipinski definition) is 3. The molecule has 0 aromatic rings. The first-order chi connectivity index (χ1) is 25.8. The molecular formula is C50H94O5. The van der Waals surface area contributed by atoms with Gasteiger partial charge in [-0.1, -0.05) is 118 Å². The van der Waals surface area contributed by atoms with Crippen LogP contribution in [0.5, 0.6) is 0 Å². The summed E-state index contributed by atoms with van der Waals surface area (Å²) < 4.78 is 0. The average molecular weight is 775 g/mol. The molecule has 0 aromatic heterocycles. The maximum Gasteiger partial charge on any atom is 0.142 e. The summed E-state index contributed by atoms with van der Waals surface area (Å²) in [5.74, 6) is 2.74. The van der Waals surface area contributed by atoms with E-state index in [9.17, 15) is 9.59 Å². The third-order valence-corrected chi connectivity index (χ3v) is 8.62. The minimum absolute atomic E-state index is 0.167.